The van der Waals surface area contributed by atoms with E-state index in [-0.39, 0.29) is 11.4 Å². The van der Waals surface area contributed by atoms with Crippen LogP contribution in [0.25, 0.3) is 0 Å². The lowest BCUT2D eigenvalue weighted by molar-refractivity contribution is 0.400. The van der Waals surface area contributed by atoms with Crippen molar-refractivity contribution in [3.8, 4) is 0 Å². The Kier molecular flexibility index (Phi) is 5.60. The minimum Gasteiger partial charge on any atom is -0.368 e. The molecule has 1 rings (SSSR count). The summed E-state index contributed by atoms with van der Waals surface area (Å²) in [6.07, 6.45) is 4.68. The molecule has 0 aliphatic carbocycles. The van der Waals surface area contributed by atoms with Crippen LogP contribution in [0.1, 0.15) is 39.5 Å². The number of rotatable bonds is 7. The van der Waals surface area contributed by atoms with Gasteiger partial charge in [-0.1, -0.05) is 26.2 Å². The zero-order valence-electron chi connectivity index (χ0n) is 11.7. The fraction of sp³-hybridized carbons (Fsp3) is 0.600. The first-order chi connectivity index (χ1) is 8.53. The van der Waals surface area contributed by atoms with Crippen molar-refractivity contribution in [1.82, 2.24) is 0 Å². The zero-order chi connectivity index (χ0) is 13.6. The van der Waals surface area contributed by atoms with E-state index in [1.54, 1.807) is 0 Å². The van der Waals surface area contributed by atoms with Crippen LogP contribution in [0.5, 0.6) is 0 Å². The molecule has 1 aromatic rings. The molecule has 0 aliphatic heterocycles. The fourth-order valence-corrected chi connectivity index (χ4v) is 2.14. The maximum Gasteiger partial charge on any atom is 0.123 e. The average Bonchev–Trinajstić information content (AvgIpc) is 2.39. The molecule has 1 aromatic carbocycles. The van der Waals surface area contributed by atoms with E-state index in [1.807, 2.05) is 19.2 Å². The summed E-state index contributed by atoms with van der Waals surface area (Å²) >= 11 is 0. The summed E-state index contributed by atoms with van der Waals surface area (Å²) in [5.41, 5.74) is 6.89. The summed E-state index contributed by atoms with van der Waals surface area (Å²) in [7, 11) is 2.03. The summed E-state index contributed by atoms with van der Waals surface area (Å²) in [6, 6.07) is 6.61. The highest BCUT2D eigenvalue weighted by molar-refractivity contribution is 5.48. The van der Waals surface area contributed by atoms with Gasteiger partial charge in [0, 0.05) is 24.8 Å². The topological polar surface area (TPSA) is 29.3 Å². The molecule has 0 aliphatic rings. The van der Waals surface area contributed by atoms with Crippen molar-refractivity contribution in [3.05, 3.63) is 30.1 Å². The van der Waals surface area contributed by atoms with Gasteiger partial charge in [-0.05, 0) is 37.6 Å². The molecule has 0 saturated carbocycles. The Bertz CT molecular complexity index is 350. The number of nitrogens with two attached hydrogens (primary N) is 1. The van der Waals surface area contributed by atoms with Crippen molar-refractivity contribution < 1.29 is 4.39 Å². The fourth-order valence-electron chi connectivity index (χ4n) is 2.14. The molecule has 1 unspecified atom stereocenters. The molecule has 2 N–H and O–H groups in total. The second-order valence-electron chi connectivity index (χ2n) is 5.19. The third-order valence-corrected chi connectivity index (χ3v) is 3.78. The molecule has 0 radical (unpaired) electrons. The molecule has 0 aromatic heterocycles. The highest BCUT2D eigenvalue weighted by Gasteiger charge is 2.27. The molecular formula is C15H25FN2. The number of hydrogen-bond donors (Lipinski definition) is 1. The van der Waals surface area contributed by atoms with Gasteiger partial charge < -0.3 is 10.6 Å². The van der Waals surface area contributed by atoms with Gasteiger partial charge in [-0.2, -0.15) is 0 Å². The Labute approximate surface area is 110 Å². The molecule has 18 heavy (non-hydrogen) atoms. The SMILES string of the molecule is CCCCCC(C)(CN)N(C)c1ccc(F)cc1. The molecule has 0 heterocycles. The Morgan fingerprint density at radius 3 is 2.33 bits per heavy atom. The molecule has 0 amide bonds. The summed E-state index contributed by atoms with van der Waals surface area (Å²) in [5.74, 6) is -0.201. The average molecular weight is 252 g/mol. The zero-order valence-corrected chi connectivity index (χ0v) is 11.7. The molecule has 0 spiro atoms. The third kappa shape index (κ3) is 3.70. The van der Waals surface area contributed by atoms with Gasteiger partial charge in [0.15, 0.2) is 0 Å². The highest BCUT2D eigenvalue weighted by Crippen LogP contribution is 2.26. The van der Waals surface area contributed by atoms with Gasteiger partial charge in [0.2, 0.25) is 0 Å². The predicted octanol–water partition coefficient (Wildman–Crippen LogP) is 3.56. The molecule has 2 nitrogen and oxygen atoms in total. The lowest BCUT2D eigenvalue weighted by Crippen LogP contribution is -2.50. The van der Waals surface area contributed by atoms with Crippen molar-refractivity contribution in [1.29, 1.82) is 0 Å². The number of anilines is 1. The Balaban J connectivity index is 2.76. The van der Waals surface area contributed by atoms with Gasteiger partial charge in [0.1, 0.15) is 5.82 Å². The smallest absolute Gasteiger partial charge is 0.123 e. The maximum absolute atomic E-state index is 12.9. The van der Waals surface area contributed by atoms with Crippen LogP contribution in [0.2, 0.25) is 0 Å². The number of benzene rings is 1. The first-order valence-electron chi connectivity index (χ1n) is 6.73. The van der Waals surface area contributed by atoms with E-state index >= 15 is 0 Å². The minimum absolute atomic E-state index is 0.0625. The largest absolute Gasteiger partial charge is 0.368 e. The van der Waals surface area contributed by atoms with Crippen LogP contribution >= 0.6 is 0 Å². The van der Waals surface area contributed by atoms with Crippen LogP contribution in [-0.4, -0.2) is 19.1 Å². The second-order valence-corrected chi connectivity index (χ2v) is 5.19. The van der Waals surface area contributed by atoms with Gasteiger partial charge in [-0.25, -0.2) is 4.39 Å². The molecule has 1 atom stereocenters. The van der Waals surface area contributed by atoms with Crippen LogP contribution < -0.4 is 10.6 Å². The number of hydrogen-bond acceptors (Lipinski definition) is 2. The van der Waals surface area contributed by atoms with Gasteiger partial charge in [-0.15, -0.1) is 0 Å². The monoisotopic (exact) mass is 252 g/mol. The molecule has 0 fully saturated rings. The standard InChI is InChI=1S/C15H25FN2/c1-4-5-6-11-15(2,12-17)18(3)14-9-7-13(16)8-10-14/h7-10H,4-6,11-12,17H2,1-3H3. The second kappa shape index (κ2) is 6.74. The van der Waals surface area contributed by atoms with Crippen LogP contribution in [0.3, 0.4) is 0 Å². The van der Waals surface area contributed by atoms with Gasteiger partial charge in [-0.3, -0.25) is 0 Å². The summed E-state index contributed by atoms with van der Waals surface area (Å²) in [5, 5.41) is 0. The van der Waals surface area contributed by atoms with E-state index < -0.39 is 0 Å². The maximum atomic E-state index is 12.9. The summed E-state index contributed by atoms with van der Waals surface area (Å²) < 4.78 is 12.9. The first-order valence-corrected chi connectivity index (χ1v) is 6.73. The van der Waals surface area contributed by atoms with E-state index in [1.165, 1.54) is 31.4 Å². The lowest BCUT2D eigenvalue weighted by atomic mass is 9.92. The highest BCUT2D eigenvalue weighted by atomic mass is 19.1. The van der Waals surface area contributed by atoms with E-state index in [2.05, 4.69) is 18.7 Å². The summed E-state index contributed by atoms with van der Waals surface area (Å²) in [6.45, 7) is 4.97. The van der Waals surface area contributed by atoms with Gasteiger partial charge in [0.25, 0.3) is 0 Å². The van der Waals surface area contributed by atoms with Gasteiger partial charge >= 0.3 is 0 Å². The quantitative estimate of drug-likeness (QED) is 0.752. The molecule has 3 heteroatoms. The Morgan fingerprint density at radius 2 is 1.83 bits per heavy atom. The van der Waals surface area contributed by atoms with Crippen LogP contribution in [0.15, 0.2) is 24.3 Å². The lowest BCUT2D eigenvalue weighted by Gasteiger charge is -2.40. The van der Waals surface area contributed by atoms with E-state index in [9.17, 15) is 4.39 Å². The first kappa shape index (κ1) is 15.0. The van der Waals surface area contributed by atoms with Crippen molar-refractivity contribution in [2.24, 2.45) is 5.73 Å². The normalized spacial score (nSPS) is 14.3. The Hall–Kier alpha value is -1.09. The Morgan fingerprint density at radius 1 is 1.22 bits per heavy atom. The van der Waals surface area contributed by atoms with Crippen LogP contribution in [-0.2, 0) is 0 Å². The van der Waals surface area contributed by atoms with Crippen molar-refractivity contribution in [2.75, 3.05) is 18.5 Å². The number of unbranched alkanes of at least 4 members (excludes halogenated alkanes) is 2. The predicted molar refractivity (Wildman–Crippen MR) is 76.4 cm³/mol. The van der Waals surface area contributed by atoms with Crippen LogP contribution in [0, 0.1) is 5.82 Å². The molecule has 102 valence electrons. The molecule has 0 saturated heterocycles. The van der Waals surface area contributed by atoms with Gasteiger partial charge in [0.05, 0.1) is 0 Å². The van der Waals surface area contributed by atoms with E-state index in [0.717, 1.165) is 12.1 Å². The van der Waals surface area contributed by atoms with Crippen LogP contribution in [0.4, 0.5) is 10.1 Å². The van der Waals surface area contributed by atoms with Crippen molar-refractivity contribution in [3.63, 3.8) is 0 Å². The number of nitrogens with zero attached hydrogens (tertiary/aromatic N) is 1. The number of likely N-dealkylation sites (N-methyl/N-ethyl adjacent to an activating group) is 1. The van der Waals surface area contributed by atoms with Crippen molar-refractivity contribution in [2.45, 2.75) is 45.1 Å². The number of halogens is 1. The van der Waals surface area contributed by atoms with E-state index in [0.29, 0.717) is 6.54 Å². The minimum atomic E-state index is -0.201. The summed E-state index contributed by atoms with van der Waals surface area (Å²) in [4.78, 5) is 2.17. The molecular weight excluding hydrogens is 227 g/mol. The van der Waals surface area contributed by atoms with Crippen molar-refractivity contribution >= 4 is 5.69 Å². The molecule has 0 bridgehead atoms. The van der Waals surface area contributed by atoms with E-state index in [4.69, 9.17) is 5.73 Å². The third-order valence-electron chi connectivity index (χ3n) is 3.78.